The average molecular weight is 631 g/mol. The van der Waals surface area contributed by atoms with Crippen LogP contribution in [-0.2, 0) is 38.8 Å². The van der Waals surface area contributed by atoms with Crippen molar-refractivity contribution < 1.29 is 31.2 Å². The van der Waals surface area contributed by atoms with Crippen LogP contribution in [0.1, 0.15) is 23.6 Å². The summed E-state index contributed by atoms with van der Waals surface area (Å²) in [6.45, 7) is 0.961. The molecule has 0 aliphatic rings. The van der Waals surface area contributed by atoms with Gasteiger partial charge in [-0.1, -0.05) is 65.7 Å². The number of carbonyl (C=O) groups excluding carboxylic acids is 2. The summed E-state index contributed by atoms with van der Waals surface area (Å²) in [5.41, 5.74) is -0.326. The van der Waals surface area contributed by atoms with Gasteiger partial charge in [-0.3, -0.25) is 13.9 Å². The molecule has 1 N–H and O–H groups in total. The summed E-state index contributed by atoms with van der Waals surface area (Å²) in [4.78, 5) is 28.4. The lowest BCUT2D eigenvalue weighted by Gasteiger charge is -2.33. The molecule has 0 aliphatic carbocycles. The smallest absolute Gasteiger partial charge is 0.355 e. The quantitative estimate of drug-likeness (QED) is 0.301. The van der Waals surface area contributed by atoms with Crippen molar-refractivity contribution in [1.82, 2.24) is 10.2 Å². The molecule has 41 heavy (non-hydrogen) atoms. The van der Waals surface area contributed by atoms with E-state index in [0.717, 1.165) is 17.9 Å². The van der Waals surface area contributed by atoms with E-state index >= 15 is 0 Å². The van der Waals surface area contributed by atoms with Gasteiger partial charge in [-0.2, -0.15) is 13.2 Å². The number of halogens is 5. The number of amides is 2. The molecular formula is C28H28Cl2F3N3O4S. The lowest BCUT2D eigenvalue weighted by Crippen LogP contribution is -2.53. The number of anilines is 1. The van der Waals surface area contributed by atoms with Gasteiger partial charge in [0.2, 0.25) is 21.8 Å². The fraction of sp³-hybridized carbons (Fsp3) is 0.286. The second-order valence-electron chi connectivity index (χ2n) is 9.18. The summed E-state index contributed by atoms with van der Waals surface area (Å²) in [7, 11) is -4.31. The summed E-state index contributed by atoms with van der Waals surface area (Å²) in [6, 6.07) is 16.5. The molecule has 1 atom stereocenters. The van der Waals surface area contributed by atoms with Crippen molar-refractivity contribution in [2.24, 2.45) is 0 Å². The van der Waals surface area contributed by atoms with Gasteiger partial charge < -0.3 is 10.2 Å². The molecule has 0 aromatic heterocycles. The number of hydrogen-bond donors (Lipinski definition) is 1. The first-order valence-electron chi connectivity index (χ1n) is 12.4. The molecule has 0 saturated heterocycles. The van der Waals surface area contributed by atoms with E-state index in [2.05, 4.69) is 5.32 Å². The molecule has 0 saturated carbocycles. The number of nitrogens with one attached hydrogen (secondary N) is 1. The van der Waals surface area contributed by atoms with Crippen LogP contribution in [0.25, 0.3) is 0 Å². The fourth-order valence-electron chi connectivity index (χ4n) is 4.11. The van der Waals surface area contributed by atoms with E-state index in [9.17, 15) is 31.2 Å². The molecular weight excluding hydrogens is 602 g/mol. The Kier molecular flexibility index (Phi) is 10.7. The van der Waals surface area contributed by atoms with E-state index in [1.807, 2.05) is 0 Å². The highest BCUT2D eigenvalue weighted by molar-refractivity contribution is 7.92. The van der Waals surface area contributed by atoms with Gasteiger partial charge in [-0.15, -0.1) is 0 Å². The molecule has 7 nitrogen and oxygen atoms in total. The van der Waals surface area contributed by atoms with E-state index in [1.165, 1.54) is 4.90 Å². The Bertz CT molecular complexity index is 1470. The number of likely N-dealkylation sites (N-methyl/N-ethyl adjacent to an activating group) is 1. The van der Waals surface area contributed by atoms with Crippen LogP contribution >= 0.6 is 23.2 Å². The predicted molar refractivity (Wildman–Crippen MR) is 153 cm³/mol. The summed E-state index contributed by atoms with van der Waals surface area (Å²) < 4.78 is 66.5. The molecule has 0 aliphatic heterocycles. The van der Waals surface area contributed by atoms with Gasteiger partial charge in [0, 0.05) is 24.5 Å². The van der Waals surface area contributed by atoms with Crippen molar-refractivity contribution in [1.29, 1.82) is 0 Å². The summed E-state index contributed by atoms with van der Waals surface area (Å²) in [6.07, 6.45) is -3.94. The van der Waals surface area contributed by atoms with Crippen LogP contribution in [0.15, 0.2) is 72.8 Å². The summed E-state index contributed by atoms with van der Waals surface area (Å²) in [5.74, 6) is -1.31. The first-order chi connectivity index (χ1) is 19.2. The molecule has 13 heteroatoms. The normalized spacial score (nSPS) is 12.5. The number of rotatable bonds is 11. The minimum atomic E-state index is -4.79. The molecule has 0 unspecified atom stereocenters. The monoisotopic (exact) mass is 629 g/mol. The molecule has 0 fully saturated rings. The van der Waals surface area contributed by atoms with Crippen LogP contribution in [0.4, 0.5) is 18.9 Å². The van der Waals surface area contributed by atoms with Crippen LogP contribution in [0.2, 0.25) is 10.0 Å². The van der Waals surface area contributed by atoms with Gasteiger partial charge in [0.15, 0.2) is 0 Å². The number of benzene rings is 3. The topological polar surface area (TPSA) is 86.8 Å². The Balaban J connectivity index is 2.09. The molecule has 0 heterocycles. The van der Waals surface area contributed by atoms with E-state index in [0.29, 0.717) is 27.0 Å². The van der Waals surface area contributed by atoms with E-state index in [-0.39, 0.29) is 24.5 Å². The largest absolute Gasteiger partial charge is 0.416 e. The van der Waals surface area contributed by atoms with Gasteiger partial charge in [0.1, 0.15) is 12.6 Å². The van der Waals surface area contributed by atoms with Crippen molar-refractivity contribution in [3.8, 4) is 0 Å². The maximum atomic E-state index is 13.9. The SMILES string of the molecule is CCNC(=O)[C@H](Cc1ccccc1)N(Cc1ccc(Cl)cc1)C(=O)CN(c1cc(C(F)(F)F)ccc1Cl)S(C)(=O)=O. The van der Waals surface area contributed by atoms with E-state index in [4.69, 9.17) is 23.2 Å². The minimum Gasteiger partial charge on any atom is -0.355 e. The van der Waals surface area contributed by atoms with Gasteiger partial charge in [-0.25, -0.2) is 8.42 Å². The number of nitrogens with zero attached hydrogens (tertiary/aromatic N) is 2. The minimum absolute atomic E-state index is 0.0925. The molecule has 3 rings (SSSR count). The second-order valence-corrected chi connectivity index (χ2v) is 11.9. The van der Waals surface area contributed by atoms with Crippen LogP contribution in [0.5, 0.6) is 0 Å². The van der Waals surface area contributed by atoms with E-state index < -0.39 is 51.9 Å². The highest BCUT2D eigenvalue weighted by atomic mass is 35.5. The lowest BCUT2D eigenvalue weighted by molar-refractivity contribution is -0.140. The third-order valence-electron chi connectivity index (χ3n) is 6.11. The lowest BCUT2D eigenvalue weighted by atomic mass is 10.0. The Hall–Kier alpha value is -3.28. The molecule has 220 valence electrons. The number of hydrogen-bond acceptors (Lipinski definition) is 4. The van der Waals surface area contributed by atoms with Crippen molar-refractivity contribution in [3.05, 3.63) is 99.5 Å². The van der Waals surface area contributed by atoms with Gasteiger partial charge in [0.25, 0.3) is 0 Å². The highest BCUT2D eigenvalue weighted by Gasteiger charge is 2.35. The zero-order valence-electron chi connectivity index (χ0n) is 22.2. The van der Waals surface area contributed by atoms with Crippen molar-refractivity contribution in [3.63, 3.8) is 0 Å². The predicted octanol–water partition coefficient (Wildman–Crippen LogP) is 5.55. The van der Waals surface area contributed by atoms with Crippen LogP contribution in [0.3, 0.4) is 0 Å². The van der Waals surface area contributed by atoms with Gasteiger partial charge in [0.05, 0.1) is 22.5 Å². The van der Waals surface area contributed by atoms with E-state index in [1.54, 1.807) is 61.5 Å². The molecule has 2 amide bonds. The van der Waals surface area contributed by atoms with Crippen molar-refractivity contribution in [2.75, 3.05) is 23.7 Å². The van der Waals surface area contributed by atoms with Crippen molar-refractivity contribution >= 4 is 50.7 Å². The number of alkyl halides is 3. The number of carbonyl (C=O) groups is 2. The molecule has 3 aromatic rings. The standard InChI is InChI=1S/C28H28Cl2F3N3O4S/c1-3-34-27(38)25(15-19-7-5-4-6-8-19)35(17-20-9-12-22(29)13-10-20)26(37)18-36(41(2,39)40)24-16-21(28(31,32)33)11-14-23(24)30/h4-14,16,25H,3,15,17-18H2,1-2H3,(H,34,38)/t25-/m0/s1. The fourth-order valence-corrected chi connectivity index (χ4v) is 5.36. The van der Waals surface area contributed by atoms with Crippen LogP contribution < -0.4 is 9.62 Å². The molecule has 0 spiro atoms. The van der Waals surface area contributed by atoms with Gasteiger partial charge >= 0.3 is 6.18 Å². The Morgan fingerprint density at radius 2 is 1.59 bits per heavy atom. The Morgan fingerprint density at radius 1 is 0.951 bits per heavy atom. The van der Waals surface area contributed by atoms with Gasteiger partial charge in [-0.05, 0) is 48.4 Å². The summed E-state index contributed by atoms with van der Waals surface area (Å²) >= 11 is 12.1. The van der Waals surface area contributed by atoms with Crippen LogP contribution in [0, 0.1) is 0 Å². The third-order valence-corrected chi connectivity index (χ3v) is 7.81. The Morgan fingerprint density at radius 3 is 2.15 bits per heavy atom. The average Bonchev–Trinajstić information content (AvgIpc) is 2.90. The third kappa shape index (κ3) is 8.85. The first kappa shape index (κ1) is 32.2. The Labute approximate surface area is 246 Å². The first-order valence-corrected chi connectivity index (χ1v) is 15.0. The maximum absolute atomic E-state index is 13.9. The maximum Gasteiger partial charge on any atom is 0.416 e. The number of sulfonamides is 1. The van der Waals surface area contributed by atoms with Crippen LogP contribution in [-0.4, -0.2) is 50.5 Å². The second kappa shape index (κ2) is 13.6. The zero-order chi connectivity index (χ0) is 30.4. The molecule has 3 aromatic carbocycles. The highest BCUT2D eigenvalue weighted by Crippen LogP contribution is 2.36. The molecule has 0 radical (unpaired) electrons. The molecule has 0 bridgehead atoms. The zero-order valence-corrected chi connectivity index (χ0v) is 24.5. The van der Waals surface area contributed by atoms with Crippen molar-refractivity contribution in [2.45, 2.75) is 32.1 Å². The summed E-state index contributed by atoms with van der Waals surface area (Å²) in [5, 5.41) is 2.85.